The summed E-state index contributed by atoms with van der Waals surface area (Å²) in [6.45, 7) is 0.478. The van der Waals surface area contributed by atoms with E-state index in [-0.39, 0.29) is 12.5 Å². The zero-order valence-electron chi connectivity index (χ0n) is 10.4. The molecule has 4 heteroatoms. The minimum absolute atomic E-state index is 0.0263. The Kier molecular flexibility index (Phi) is 4.53. The Morgan fingerprint density at radius 2 is 1.95 bits per heavy atom. The first-order chi connectivity index (χ1) is 9.28. The SMILES string of the molecule is O=C(/C=C/c1ccco1)NCc1ccc(CO)cc1. The summed E-state index contributed by atoms with van der Waals surface area (Å²) in [6.07, 6.45) is 4.60. The molecule has 0 spiro atoms. The molecule has 98 valence electrons. The van der Waals surface area contributed by atoms with E-state index in [1.54, 1.807) is 24.5 Å². The van der Waals surface area contributed by atoms with Gasteiger partial charge in [0, 0.05) is 12.6 Å². The van der Waals surface area contributed by atoms with E-state index in [4.69, 9.17) is 9.52 Å². The molecule has 0 bridgehead atoms. The second-order valence-electron chi connectivity index (χ2n) is 4.04. The molecule has 2 rings (SSSR count). The monoisotopic (exact) mass is 257 g/mol. The topological polar surface area (TPSA) is 62.5 Å². The van der Waals surface area contributed by atoms with Crippen LogP contribution in [0.3, 0.4) is 0 Å². The average Bonchev–Trinajstić information content (AvgIpc) is 2.96. The highest BCUT2D eigenvalue weighted by molar-refractivity contribution is 5.91. The molecule has 4 nitrogen and oxygen atoms in total. The van der Waals surface area contributed by atoms with Crippen molar-refractivity contribution in [3.8, 4) is 0 Å². The number of benzene rings is 1. The Bertz CT molecular complexity index is 541. The summed E-state index contributed by atoms with van der Waals surface area (Å²) in [6, 6.07) is 11.0. The molecule has 0 fully saturated rings. The maximum Gasteiger partial charge on any atom is 0.244 e. The van der Waals surface area contributed by atoms with Crippen LogP contribution in [0.2, 0.25) is 0 Å². The van der Waals surface area contributed by atoms with E-state index in [1.807, 2.05) is 24.3 Å². The number of rotatable bonds is 5. The van der Waals surface area contributed by atoms with Gasteiger partial charge in [-0.25, -0.2) is 0 Å². The molecule has 0 aliphatic heterocycles. The highest BCUT2D eigenvalue weighted by Crippen LogP contribution is 2.04. The summed E-state index contributed by atoms with van der Waals surface area (Å²) in [4.78, 5) is 11.6. The maximum atomic E-state index is 11.6. The Morgan fingerprint density at radius 1 is 1.21 bits per heavy atom. The van der Waals surface area contributed by atoms with Crippen LogP contribution in [0.15, 0.2) is 53.2 Å². The van der Waals surface area contributed by atoms with Crippen molar-refractivity contribution in [3.05, 3.63) is 65.6 Å². The largest absolute Gasteiger partial charge is 0.465 e. The number of amides is 1. The molecule has 0 saturated heterocycles. The summed E-state index contributed by atoms with van der Waals surface area (Å²) >= 11 is 0. The van der Waals surface area contributed by atoms with Crippen molar-refractivity contribution in [2.24, 2.45) is 0 Å². The van der Waals surface area contributed by atoms with E-state index in [0.29, 0.717) is 12.3 Å². The molecule has 1 amide bonds. The van der Waals surface area contributed by atoms with E-state index < -0.39 is 0 Å². The molecule has 0 unspecified atom stereocenters. The van der Waals surface area contributed by atoms with Gasteiger partial charge >= 0.3 is 0 Å². The summed E-state index contributed by atoms with van der Waals surface area (Å²) < 4.78 is 5.08. The van der Waals surface area contributed by atoms with Crippen molar-refractivity contribution in [2.75, 3.05) is 0 Å². The van der Waals surface area contributed by atoms with Gasteiger partial charge in [-0.2, -0.15) is 0 Å². The first kappa shape index (κ1) is 13.1. The molecule has 0 saturated carbocycles. The molecular weight excluding hydrogens is 242 g/mol. The fraction of sp³-hybridized carbons (Fsp3) is 0.133. The van der Waals surface area contributed by atoms with Crippen LogP contribution in [0, 0.1) is 0 Å². The smallest absolute Gasteiger partial charge is 0.244 e. The highest BCUT2D eigenvalue weighted by Gasteiger charge is 1.98. The van der Waals surface area contributed by atoms with E-state index >= 15 is 0 Å². The third-order valence-corrected chi connectivity index (χ3v) is 2.61. The summed E-state index contributed by atoms with van der Waals surface area (Å²) in [5, 5.41) is 11.7. The van der Waals surface area contributed by atoms with Crippen molar-refractivity contribution >= 4 is 12.0 Å². The number of carbonyl (C=O) groups is 1. The normalized spacial score (nSPS) is 10.8. The molecule has 2 aromatic rings. The fourth-order valence-corrected chi connectivity index (χ4v) is 1.55. The zero-order chi connectivity index (χ0) is 13.5. The predicted octanol–water partition coefficient (Wildman–Crippen LogP) is 2.10. The predicted molar refractivity (Wildman–Crippen MR) is 72.0 cm³/mol. The number of hydrogen-bond acceptors (Lipinski definition) is 3. The average molecular weight is 257 g/mol. The number of furan rings is 1. The van der Waals surface area contributed by atoms with Gasteiger partial charge in [0.05, 0.1) is 12.9 Å². The second kappa shape index (κ2) is 6.56. The number of aliphatic hydroxyl groups excluding tert-OH is 1. The lowest BCUT2D eigenvalue weighted by Gasteiger charge is -2.03. The third kappa shape index (κ3) is 4.12. The van der Waals surface area contributed by atoms with Crippen LogP contribution in [0.4, 0.5) is 0 Å². The highest BCUT2D eigenvalue weighted by atomic mass is 16.3. The van der Waals surface area contributed by atoms with Gasteiger partial charge in [0.2, 0.25) is 5.91 Å². The Labute approximate surface area is 111 Å². The quantitative estimate of drug-likeness (QED) is 0.806. The minimum atomic E-state index is -0.178. The van der Waals surface area contributed by atoms with E-state index in [1.165, 1.54) is 6.08 Å². The van der Waals surface area contributed by atoms with E-state index in [0.717, 1.165) is 11.1 Å². The maximum absolute atomic E-state index is 11.6. The Balaban J connectivity index is 1.82. The van der Waals surface area contributed by atoms with Gasteiger partial charge in [-0.3, -0.25) is 4.79 Å². The lowest BCUT2D eigenvalue weighted by atomic mass is 10.1. The van der Waals surface area contributed by atoms with Crippen LogP contribution in [0.25, 0.3) is 6.08 Å². The van der Waals surface area contributed by atoms with Crippen molar-refractivity contribution in [3.63, 3.8) is 0 Å². The van der Waals surface area contributed by atoms with Gasteiger partial charge in [-0.1, -0.05) is 24.3 Å². The van der Waals surface area contributed by atoms with Crippen molar-refractivity contribution in [1.82, 2.24) is 5.32 Å². The lowest BCUT2D eigenvalue weighted by Crippen LogP contribution is -2.20. The van der Waals surface area contributed by atoms with Gasteiger partial charge < -0.3 is 14.8 Å². The number of aliphatic hydroxyl groups is 1. The van der Waals surface area contributed by atoms with Crippen LogP contribution in [0.1, 0.15) is 16.9 Å². The summed E-state index contributed by atoms with van der Waals surface area (Å²) in [7, 11) is 0. The first-order valence-electron chi connectivity index (χ1n) is 5.96. The van der Waals surface area contributed by atoms with Gasteiger partial charge in [0.15, 0.2) is 0 Å². The van der Waals surface area contributed by atoms with Crippen LogP contribution >= 0.6 is 0 Å². The van der Waals surface area contributed by atoms with Crippen molar-refractivity contribution in [2.45, 2.75) is 13.2 Å². The van der Waals surface area contributed by atoms with Crippen LogP contribution in [0.5, 0.6) is 0 Å². The van der Waals surface area contributed by atoms with Crippen LogP contribution < -0.4 is 5.32 Å². The molecule has 19 heavy (non-hydrogen) atoms. The molecule has 1 aromatic carbocycles. The summed E-state index contributed by atoms with van der Waals surface area (Å²) in [5.74, 6) is 0.463. The molecule has 0 aliphatic carbocycles. The number of carbonyl (C=O) groups excluding carboxylic acids is 1. The molecule has 0 radical (unpaired) electrons. The van der Waals surface area contributed by atoms with Crippen molar-refractivity contribution in [1.29, 1.82) is 0 Å². The summed E-state index contributed by atoms with van der Waals surface area (Å²) in [5.41, 5.74) is 1.84. The van der Waals surface area contributed by atoms with Gasteiger partial charge in [0.25, 0.3) is 0 Å². The van der Waals surface area contributed by atoms with Crippen LogP contribution in [-0.2, 0) is 17.9 Å². The number of hydrogen-bond donors (Lipinski definition) is 2. The van der Waals surface area contributed by atoms with Gasteiger partial charge in [0.1, 0.15) is 5.76 Å². The van der Waals surface area contributed by atoms with E-state index in [9.17, 15) is 4.79 Å². The Hall–Kier alpha value is -2.33. The molecule has 1 aromatic heterocycles. The Morgan fingerprint density at radius 3 is 2.58 bits per heavy atom. The lowest BCUT2D eigenvalue weighted by molar-refractivity contribution is -0.116. The molecular formula is C15H15NO3. The standard InChI is InChI=1S/C15H15NO3/c17-11-13-5-3-12(4-6-13)10-16-15(18)8-7-14-2-1-9-19-14/h1-9,17H,10-11H2,(H,16,18)/b8-7+. The number of nitrogens with one attached hydrogen (secondary N) is 1. The second-order valence-corrected chi connectivity index (χ2v) is 4.04. The van der Waals surface area contributed by atoms with Gasteiger partial charge in [-0.15, -0.1) is 0 Å². The van der Waals surface area contributed by atoms with Crippen molar-refractivity contribution < 1.29 is 14.3 Å². The van der Waals surface area contributed by atoms with Crippen LogP contribution in [-0.4, -0.2) is 11.0 Å². The molecule has 0 atom stereocenters. The van der Waals surface area contributed by atoms with Gasteiger partial charge in [-0.05, 0) is 29.3 Å². The molecule has 1 heterocycles. The molecule has 2 N–H and O–H groups in total. The third-order valence-electron chi connectivity index (χ3n) is 2.61. The zero-order valence-corrected chi connectivity index (χ0v) is 10.4. The minimum Gasteiger partial charge on any atom is -0.465 e. The first-order valence-corrected chi connectivity index (χ1v) is 5.96. The fourth-order valence-electron chi connectivity index (χ4n) is 1.55. The van der Waals surface area contributed by atoms with E-state index in [2.05, 4.69) is 5.32 Å². The molecule has 0 aliphatic rings.